The van der Waals surface area contributed by atoms with Crippen LogP contribution in [-0.2, 0) is 6.42 Å². The molecule has 0 aliphatic carbocycles. The Morgan fingerprint density at radius 2 is 1.50 bits per heavy atom. The van der Waals surface area contributed by atoms with Gasteiger partial charge in [-0.25, -0.2) is 0 Å². The van der Waals surface area contributed by atoms with E-state index in [1.807, 2.05) is 39.0 Å². The van der Waals surface area contributed by atoms with Crippen LogP contribution in [0, 0.1) is 6.92 Å². The molecule has 0 heterocycles. The molecule has 18 heavy (non-hydrogen) atoms. The van der Waals surface area contributed by atoms with Crippen molar-refractivity contribution in [3.63, 3.8) is 0 Å². The van der Waals surface area contributed by atoms with Crippen LogP contribution in [0.25, 0.3) is 0 Å². The summed E-state index contributed by atoms with van der Waals surface area (Å²) in [4.78, 5) is 0. The fraction of sp³-hybridized carbons (Fsp3) is 0.294. The van der Waals surface area contributed by atoms with E-state index in [9.17, 15) is 0 Å². The Morgan fingerprint density at radius 1 is 0.889 bits per heavy atom. The summed E-state index contributed by atoms with van der Waals surface area (Å²) >= 11 is 0. The van der Waals surface area contributed by atoms with Crippen molar-refractivity contribution < 1.29 is 5.11 Å². The van der Waals surface area contributed by atoms with Crippen LogP contribution in [-0.4, -0.2) is 5.11 Å². The number of phenolic OH excluding ortho intramolecular Hbond substituents is 1. The van der Waals surface area contributed by atoms with Gasteiger partial charge in [0.05, 0.1) is 0 Å². The largest absolute Gasteiger partial charge is 0.508 e. The molecule has 2 rings (SSSR count). The molecular formula is C17H24O. The average molecular weight is 244 g/mol. The smallest absolute Gasteiger partial charge is 0.115 e. The van der Waals surface area contributed by atoms with Gasteiger partial charge in [-0.05, 0) is 36.6 Å². The Kier molecular flexibility index (Phi) is 9.38. The zero-order valence-electron chi connectivity index (χ0n) is 11.9. The first-order chi connectivity index (χ1) is 8.72. The molecule has 2 aromatic carbocycles. The molecule has 98 valence electrons. The lowest BCUT2D eigenvalue weighted by Gasteiger charge is -1.89. The number of phenols is 1. The Balaban J connectivity index is 0.000000283. The third-order valence-corrected chi connectivity index (χ3v) is 2.25. The van der Waals surface area contributed by atoms with Gasteiger partial charge in [0.15, 0.2) is 0 Å². The van der Waals surface area contributed by atoms with Crippen molar-refractivity contribution in [3.8, 4) is 5.75 Å². The Morgan fingerprint density at radius 3 is 1.83 bits per heavy atom. The van der Waals surface area contributed by atoms with Crippen molar-refractivity contribution in [2.24, 2.45) is 0 Å². The van der Waals surface area contributed by atoms with E-state index in [4.69, 9.17) is 5.11 Å². The molecule has 1 nitrogen and oxygen atoms in total. The number of aryl methyl sites for hydroxylation is 2. The zero-order valence-corrected chi connectivity index (χ0v) is 11.9. The SMILES string of the molecule is CC.CCc1ccccc1.Cc1cccc(O)c1. The second-order valence-electron chi connectivity index (χ2n) is 3.68. The molecule has 1 N–H and O–H groups in total. The Labute approximate surface area is 111 Å². The Bertz CT molecular complexity index is 390. The highest BCUT2D eigenvalue weighted by molar-refractivity contribution is 5.25. The van der Waals surface area contributed by atoms with Crippen LogP contribution in [0.4, 0.5) is 0 Å². The van der Waals surface area contributed by atoms with E-state index in [1.54, 1.807) is 12.1 Å². The minimum atomic E-state index is 0.338. The summed E-state index contributed by atoms with van der Waals surface area (Å²) < 4.78 is 0. The fourth-order valence-corrected chi connectivity index (χ4v) is 1.34. The molecule has 0 bridgehead atoms. The number of hydrogen-bond donors (Lipinski definition) is 1. The minimum absolute atomic E-state index is 0.338. The number of aromatic hydroxyl groups is 1. The second kappa shape index (κ2) is 10.4. The average Bonchev–Trinajstić information content (AvgIpc) is 2.42. The van der Waals surface area contributed by atoms with Crippen LogP contribution >= 0.6 is 0 Å². The summed E-state index contributed by atoms with van der Waals surface area (Å²) in [6, 6.07) is 17.6. The highest BCUT2D eigenvalue weighted by atomic mass is 16.3. The quantitative estimate of drug-likeness (QED) is 0.750. The van der Waals surface area contributed by atoms with Crippen LogP contribution < -0.4 is 0 Å². The van der Waals surface area contributed by atoms with E-state index >= 15 is 0 Å². The molecular weight excluding hydrogens is 220 g/mol. The first-order valence-electron chi connectivity index (χ1n) is 6.52. The summed E-state index contributed by atoms with van der Waals surface area (Å²) in [6.45, 7) is 8.11. The van der Waals surface area contributed by atoms with Crippen LogP contribution in [0.15, 0.2) is 54.6 Å². The van der Waals surface area contributed by atoms with E-state index < -0.39 is 0 Å². The van der Waals surface area contributed by atoms with Gasteiger partial charge in [0, 0.05) is 0 Å². The lowest BCUT2D eigenvalue weighted by Crippen LogP contribution is -1.73. The molecule has 0 spiro atoms. The fourth-order valence-electron chi connectivity index (χ4n) is 1.34. The summed E-state index contributed by atoms with van der Waals surface area (Å²) in [7, 11) is 0. The molecule has 0 saturated carbocycles. The summed E-state index contributed by atoms with van der Waals surface area (Å²) in [5.74, 6) is 0.338. The summed E-state index contributed by atoms with van der Waals surface area (Å²) in [5, 5.41) is 8.81. The van der Waals surface area contributed by atoms with Crippen LogP contribution in [0.2, 0.25) is 0 Å². The molecule has 0 radical (unpaired) electrons. The van der Waals surface area contributed by atoms with Gasteiger partial charge < -0.3 is 5.11 Å². The number of benzene rings is 2. The number of hydrogen-bond acceptors (Lipinski definition) is 1. The third kappa shape index (κ3) is 7.50. The molecule has 2 aromatic rings. The van der Waals surface area contributed by atoms with Crippen molar-refractivity contribution in [2.45, 2.75) is 34.1 Å². The second-order valence-corrected chi connectivity index (χ2v) is 3.68. The van der Waals surface area contributed by atoms with E-state index in [0.717, 1.165) is 12.0 Å². The highest BCUT2D eigenvalue weighted by Gasteiger charge is 1.83. The molecule has 0 amide bonds. The zero-order chi connectivity index (χ0) is 13.8. The van der Waals surface area contributed by atoms with Gasteiger partial charge in [0.2, 0.25) is 0 Å². The van der Waals surface area contributed by atoms with Gasteiger partial charge in [-0.15, -0.1) is 0 Å². The van der Waals surface area contributed by atoms with Gasteiger partial charge >= 0.3 is 0 Å². The third-order valence-electron chi connectivity index (χ3n) is 2.25. The van der Waals surface area contributed by atoms with Crippen molar-refractivity contribution in [3.05, 3.63) is 65.7 Å². The van der Waals surface area contributed by atoms with E-state index in [-0.39, 0.29) is 0 Å². The lowest BCUT2D eigenvalue weighted by atomic mass is 10.2. The molecule has 1 heteroatoms. The maximum atomic E-state index is 8.81. The molecule has 0 fully saturated rings. The van der Waals surface area contributed by atoms with Gasteiger partial charge in [-0.3, -0.25) is 0 Å². The maximum Gasteiger partial charge on any atom is 0.115 e. The van der Waals surface area contributed by atoms with Crippen molar-refractivity contribution >= 4 is 0 Å². The molecule has 0 aliphatic rings. The maximum absolute atomic E-state index is 8.81. The standard InChI is InChI=1S/C8H10.C7H8O.C2H6/c1-2-8-6-4-3-5-7-8;1-6-3-2-4-7(8)5-6;1-2/h3-7H,2H2,1H3;2-5,8H,1H3;1-2H3. The number of rotatable bonds is 1. The molecule has 0 aromatic heterocycles. The lowest BCUT2D eigenvalue weighted by molar-refractivity contribution is 0.475. The van der Waals surface area contributed by atoms with Gasteiger partial charge in [-0.2, -0.15) is 0 Å². The minimum Gasteiger partial charge on any atom is -0.508 e. The van der Waals surface area contributed by atoms with Crippen molar-refractivity contribution in [2.75, 3.05) is 0 Å². The summed E-state index contributed by atoms with van der Waals surface area (Å²) in [5.41, 5.74) is 2.50. The molecule has 0 atom stereocenters. The van der Waals surface area contributed by atoms with Crippen molar-refractivity contribution in [1.29, 1.82) is 0 Å². The van der Waals surface area contributed by atoms with E-state index in [0.29, 0.717) is 5.75 Å². The first-order valence-corrected chi connectivity index (χ1v) is 6.52. The molecule has 0 saturated heterocycles. The monoisotopic (exact) mass is 244 g/mol. The molecule has 0 aliphatic heterocycles. The predicted molar refractivity (Wildman–Crippen MR) is 80.0 cm³/mol. The van der Waals surface area contributed by atoms with E-state index in [1.165, 1.54) is 5.56 Å². The highest BCUT2D eigenvalue weighted by Crippen LogP contribution is 2.08. The van der Waals surface area contributed by atoms with Crippen LogP contribution in [0.5, 0.6) is 5.75 Å². The van der Waals surface area contributed by atoms with Crippen LogP contribution in [0.1, 0.15) is 31.9 Å². The van der Waals surface area contributed by atoms with Gasteiger partial charge in [0.25, 0.3) is 0 Å². The normalized spacial score (nSPS) is 8.44. The topological polar surface area (TPSA) is 20.2 Å². The van der Waals surface area contributed by atoms with Crippen molar-refractivity contribution in [1.82, 2.24) is 0 Å². The Hall–Kier alpha value is -1.76. The predicted octanol–water partition coefficient (Wildman–Crippen LogP) is 4.98. The van der Waals surface area contributed by atoms with E-state index in [2.05, 4.69) is 31.2 Å². The van der Waals surface area contributed by atoms with Crippen LogP contribution in [0.3, 0.4) is 0 Å². The van der Waals surface area contributed by atoms with Gasteiger partial charge in [-0.1, -0.05) is 63.2 Å². The molecule has 0 unspecified atom stereocenters. The first kappa shape index (κ1) is 16.2. The van der Waals surface area contributed by atoms with Gasteiger partial charge in [0.1, 0.15) is 5.75 Å². The summed E-state index contributed by atoms with van der Waals surface area (Å²) in [6.07, 6.45) is 1.14.